The van der Waals surface area contributed by atoms with E-state index in [1.807, 2.05) is 28.5 Å². The van der Waals surface area contributed by atoms with Gasteiger partial charge in [0.1, 0.15) is 5.01 Å². The zero-order valence-corrected chi connectivity index (χ0v) is 13.5. The molecule has 2 heterocycles. The Morgan fingerprint density at radius 1 is 1.48 bits per heavy atom. The molecule has 3 nitrogen and oxygen atoms in total. The third-order valence-corrected chi connectivity index (χ3v) is 4.86. The molecule has 1 amide bonds. The number of hydrogen-bond donors (Lipinski definition) is 0. The highest BCUT2D eigenvalue weighted by atomic mass is 35.5. The minimum absolute atomic E-state index is 0.115. The van der Waals surface area contributed by atoms with Crippen LogP contribution in [0.2, 0.25) is 0 Å². The Labute approximate surface area is 133 Å². The number of hydrogen-bond acceptors (Lipinski definition) is 3. The summed E-state index contributed by atoms with van der Waals surface area (Å²) in [6.45, 7) is 2.97. The Kier molecular flexibility index (Phi) is 4.27. The van der Waals surface area contributed by atoms with Crippen molar-refractivity contribution in [1.82, 2.24) is 4.98 Å². The van der Waals surface area contributed by atoms with E-state index in [-0.39, 0.29) is 5.91 Å². The highest BCUT2D eigenvalue weighted by molar-refractivity contribution is 7.09. The van der Waals surface area contributed by atoms with Gasteiger partial charge in [-0.3, -0.25) is 4.79 Å². The summed E-state index contributed by atoms with van der Waals surface area (Å²) < 4.78 is 0. The number of anilines is 1. The van der Waals surface area contributed by atoms with Crippen LogP contribution in [0.1, 0.15) is 23.2 Å². The summed E-state index contributed by atoms with van der Waals surface area (Å²) in [5.41, 5.74) is 3.15. The second kappa shape index (κ2) is 6.16. The van der Waals surface area contributed by atoms with Crippen LogP contribution in [0.4, 0.5) is 5.69 Å². The van der Waals surface area contributed by atoms with E-state index < -0.39 is 0 Å². The zero-order chi connectivity index (χ0) is 14.8. The van der Waals surface area contributed by atoms with E-state index in [0.29, 0.717) is 18.2 Å². The minimum Gasteiger partial charge on any atom is -0.312 e. The fourth-order valence-corrected chi connectivity index (χ4v) is 3.76. The Hall–Kier alpha value is -1.39. The highest BCUT2D eigenvalue weighted by Gasteiger charge is 2.26. The number of benzene rings is 1. The molecule has 0 saturated carbocycles. The normalized spacial score (nSPS) is 17.6. The van der Waals surface area contributed by atoms with Crippen molar-refractivity contribution in [3.05, 3.63) is 45.9 Å². The molecule has 2 aromatic rings. The molecule has 0 spiro atoms. The second-order valence-electron chi connectivity index (χ2n) is 5.49. The molecule has 1 aromatic carbocycles. The molecule has 0 radical (unpaired) electrons. The van der Waals surface area contributed by atoms with E-state index in [9.17, 15) is 4.79 Å². The predicted octanol–water partition coefficient (Wildman–Crippen LogP) is 3.65. The van der Waals surface area contributed by atoms with Crippen molar-refractivity contribution in [3.63, 3.8) is 0 Å². The lowest BCUT2D eigenvalue weighted by Gasteiger charge is -2.33. The van der Waals surface area contributed by atoms with Gasteiger partial charge in [-0.1, -0.05) is 25.1 Å². The number of aromatic nitrogens is 1. The largest absolute Gasteiger partial charge is 0.312 e. The van der Waals surface area contributed by atoms with E-state index in [0.717, 1.165) is 29.4 Å². The van der Waals surface area contributed by atoms with E-state index in [1.54, 1.807) is 0 Å². The van der Waals surface area contributed by atoms with Gasteiger partial charge < -0.3 is 4.90 Å². The summed E-state index contributed by atoms with van der Waals surface area (Å²) >= 11 is 7.27. The molecule has 1 atom stereocenters. The highest BCUT2D eigenvalue weighted by Crippen LogP contribution is 2.30. The molecular formula is C16H17ClN2OS. The predicted molar refractivity (Wildman–Crippen MR) is 87.0 cm³/mol. The average molecular weight is 321 g/mol. The number of carbonyl (C=O) groups is 1. The molecule has 1 aromatic heterocycles. The van der Waals surface area contributed by atoms with Gasteiger partial charge in [-0.05, 0) is 24.0 Å². The molecule has 1 aliphatic heterocycles. The Morgan fingerprint density at radius 2 is 2.29 bits per heavy atom. The Bertz CT molecular complexity index is 655. The van der Waals surface area contributed by atoms with Crippen LogP contribution in [0, 0.1) is 5.92 Å². The van der Waals surface area contributed by atoms with E-state index in [4.69, 9.17) is 11.6 Å². The summed E-state index contributed by atoms with van der Waals surface area (Å²) in [6.07, 6.45) is 1.39. The van der Waals surface area contributed by atoms with Gasteiger partial charge in [0.2, 0.25) is 5.91 Å². The first-order valence-corrected chi connectivity index (χ1v) is 8.46. The van der Waals surface area contributed by atoms with Gasteiger partial charge in [0.15, 0.2) is 0 Å². The van der Waals surface area contributed by atoms with Crippen molar-refractivity contribution in [3.8, 4) is 0 Å². The van der Waals surface area contributed by atoms with Gasteiger partial charge in [0, 0.05) is 17.6 Å². The summed E-state index contributed by atoms with van der Waals surface area (Å²) in [5, 5.41) is 2.76. The van der Waals surface area contributed by atoms with Gasteiger partial charge in [-0.25, -0.2) is 4.98 Å². The molecule has 0 aliphatic carbocycles. The summed E-state index contributed by atoms with van der Waals surface area (Å²) in [7, 11) is 0. The maximum Gasteiger partial charge on any atom is 0.233 e. The number of para-hydroxylation sites is 1. The number of alkyl halides is 1. The van der Waals surface area contributed by atoms with Crippen molar-refractivity contribution in [1.29, 1.82) is 0 Å². The standard InChI is InChI=1S/C16H17ClN2OS/c1-11-6-12-4-2-3-5-14(12)19(9-11)16(20)7-15-18-13(8-17)10-21-15/h2-5,10-11H,6-9H2,1H3. The van der Waals surface area contributed by atoms with Gasteiger partial charge >= 0.3 is 0 Å². The zero-order valence-electron chi connectivity index (χ0n) is 11.9. The first kappa shape index (κ1) is 14.5. The number of amides is 1. The van der Waals surface area contributed by atoms with Crippen LogP contribution in [0.3, 0.4) is 0 Å². The van der Waals surface area contributed by atoms with Crippen molar-refractivity contribution < 1.29 is 4.79 Å². The Balaban J connectivity index is 1.81. The minimum atomic E-state index is 0.115. The SMILES string of the molecule is CC1Cc2ccccc2N(C(=O)Cc2nc(CCl)cs2)C1. The van der Waals surface area contributed by atoms with E-state index in [2.05, 4.69) is 18.0 Å². The van der Waals surface area contributed by atoms with Crippen molar-refractivity contribution in [2.45, 2.75) is 25.6 Å². The maximum atomic E-state index is 12.6. The van der Waals surface area contributed by atoms with Gasteiger partial charge in [0.25, 0.3) is 0 Å². The number of rotatable bonds is 3. The van der Waals surface area contributed by atoms with Gasteiger partial charge in [-0.15, -0.1) is 22.9 Å². The monoisotopic (exact) mass is 320 g/mol. The summed E-state index contributed by atoms with van der Waals surface area (Å²) in [5.74, 6) is 0.997. The van der Waals surface area contributed by atoms with E-state index in [1.165, 1.54) is 16.9 Å². The van der Waals surface area contributed by atoms with Gasteiger partial charge in [0.05, 0.1) is 18.0 Å². The Morgan fingerprint density at radius 3 is 3.05 bits per heavy atom. The van der Waals surface area contributed by atoms with Crippen LogP contribution in [-0.4, -0.2) is 17.4 Å². The quantitative estimate of drug-likeness (QED) is 0.809. The molecule has 3 rings (SSSR count). The molecule has 0 N–H and O–H groups in total. The van der Waals surface area contributed by atoms with Crippen LogP contribution < -0.4 is 4.90 Å². The van der Waals surface area contributed by atoms with Crippen LogP contribution in [0.5, 0.6) is 0 Å². The number of carbonyl (C=O) groups excluding carboxylic acids is 1. The van der Waals surface area contributed by atoms with Gasteiger partial charge in [-0.2, -0.15) is 0 Å². The lowest BCUT2D eigenvalue weighted by Crippen LogP contribution is -2.40. The van der Waals surface area contributed by atoms with Crippen molar-refractivity contribution in [2.24, 2.45) is 5.92 Å². The molecule has 0 saturated heterocycles. The third-order valence-electron chi connectivity index (χ3n) is 3.68. The molecule has 5 heteroatoms. The fourth-order valence-electron chi connectivity index (χ4n) is 2.75. The average Bonchev–Trinajstić information content (AvgIpc) is 2.94. The summed E-state index contributed by atoms with van der Waals surface area (Å²) in [6, 6.07) is 8.17. The summed E-state index contributed by atoms with van der Waals surface area (Å²) in [4.78, 5) is 18.9. The maximum absolute atomic E-state index is 12.6. The first-order valence-electron chi connectivity index (χ1n) is 7.05. The molecule has 110 valence electrons. The molecular weight excluding hydrogens is 304 g/mol. The molecule has 21 heavy (non-hydrogen) atoms. The number of thiazole rings is 1. The molecule has 1 aliphatic rings. The topological polar surface area (TPSA) is 33.2 Å². The number of fused-ring (bicyclic) bond motifs is 1. The lowest BCUT2D eigenvalue weighted by atomic mass is 9.94. The van der Waals surface area contributed by atoms with Crippen LogP contribution in [0.15, 0.2) is 29.6 Å². The molecule has 0 fully saturated rings. The number of nitrogens with zero attached hydrogens (tertiary/aromatic N) is 2. The van der Waals surface area contributed by atoms with Crippen molar-refractivity contribution >= 4 is 34.5 Å². The van der Waals surface area contributed by atoms with Crippen molar-refractivity contribution in [2.75, 3.05) is 11.4 Å². The van der Waals surface area contributed by atoms with E-state index >= 15 is 0 Å². The van der Waals surface area contributed by atoms with Crippen LogP contribution >= 0.6 is 22.9 Å². The second-order valence-corrected chi connectivity index (χ2v) is 6.70. The lowest BCUT2D eigenvalue weighted by molar-refractivity contribution is -0.118. The molecule has 0 bridgehead atoms. The molecule has 1 unspecified atom stereocenters. The third kappa shape index (κ3) is 3.11. The van der Waals surface area contributed by atoms with Crippen LogP contribution in [-0.2, 0) is 23.5 Å². The van der Waals surface area contributed by atoms with Crippen LogP contribution in [0.25, 0.3) is 0 Å². The fraction of sp³-hybridized carbons (Fsp3) is 0.375. The smallest absolute Gasteiger partial charge is 0.233 e. The first-order chi connectivity index (χ1) is 10.2. The number of halogens is 1.